The van der Waals surface area contributed by atoms with Crippen LogP contribution in [0.25, 0.3) is 0 Å². The monoisotopic (exact) mass is 140 g/mol. The molecule has 0 spiro atoms. The van der Waals surface area contributed by atoms with E-state index in [1.54, 1.807) is 6.20 Å². The van der Waals surface area contributed by atoms with Crippen LogP contribution in [0.3, 0.4) is 0 Å². The van der Waals surface area contributed by atoms with E-state index in [2.05, 4.69) is 10.3 Å². The molecule has 0 unspecified atom stereocenters. The van der Waals surface area contributed by atoms with Crippen LogP contribution in [-0.4, -0.2) is 21.5 Å². The van der Waals surface area contributed by atoms with E-state index in [1.807, 2.05) is 11.6 Å². The van der Waals surface area contributed by atoms with Crippen LogP contribution < -0.4 is 5.73 Å². The van der Waals surface area contributed by atoms with Crippen LogP contribution in [0.5, 0.6) is 0 Å². The molecule has 0 atom stereocenters. The lowest BCUT2D eigenvalue weighted by atomic mass is 10.4. The van der Waals surface area contributed by atoms with Crippen molar-refractivity contribution >= 4 is 0 Å². The highest BCUT2D eigenvalue weighted by Crippen LogP contribution is 1.93. The van der Waals surface area contributed by atoms with E-state index in [9.17, 15) is 0 Å². The molecule has 0 aliphatic rings. The molecule has 4 nitrogen and oxygen atoms in total. The van der Waals surface area contributed by atoms with Crippen LogP contribution >= 0.6 is 0 Å². The van der Waals surface area contributed by atoms with E-state index in [-0.39, 0.29) is 0 Å². The van der Waals surface area contributed by atoms with Crippen molar-refractivity contribution in [1.29, 1.82) is 0 Å². The Morgan fingerprint density at radius 3 is 3.00 bits per heavy atom. The first kappa shape index (κ1) is 7.21. The minimum Gasteiger partial charge on any atom is -0.330 e. The van der Waals surface area contributed by atoms with Crippen molar-refractivity contribution < 1.29 is 0 Å². The van der Waals surface area contributed by atoms with Gasteiger partial charge in [0, 0.05) is 6.54 Å². The second kappa shape index (κ2) is 3.31. The molecule has 0 saturated carbocycles. The van der Waals surface area contributed by atoms with Crippen LogP contribution in [0.15, 0.2) is 6.20 Å². The summed E-state index contributed by atoms with van der Waals surface area (Å²) in [5.74, 6) is 0. The van der Waals surface area contributed by atoms with Crippen LogP contribution in [-0.2, 0) is 6.54 Å². The first-order valence-corrected chi connectivity index (χ1v) is 3.39. The third-order valence-corrected chi connectivity index (χ3v) is 1.39. The fourth-order valence-corrected chi connectivity index (χ4v) is 0.771. The van der Waals surface area contributed by atoms with Crippen molar-refractivity contribution in [1.82, 2.24) is 15.0 Å². The van der Waals surface area contributed by atoms with Gasteiger partial charge in [-0.3, -0.25) is 0 Å². The second-order valence-electron chi connectivity index (χ2n) is 2.24. The Kier molecular flexibility index (Phi) is 2.39. The summed E-state index contributed by atoms with van der Waals surface area (Å²) >= 11 is 0. The van der Waals surface area contributed by atoms with E-state index in [1.165, 1.54) is 0 Å². The Labute approximate surface area is 60.0 Å². The number of nitrogens with two attached hydrogens (primary N) is 1. The summed E-state index contributed by atoms with van der Waals surface area (Å²) < 4.78 is 1.85. The van der Waals surface area contributed by atoms with Gasteiger partial charge < -0.3 is 5.73 Å². The van der Waals surface area contributed by atoms with Crippen LogP contribution in [0.1, 0.15) is 12.1 Å². The first-order valence-electron chi connectivity index (χ1n) is 3.39. The molecule has 0 saturated heterocycles. The molecular weight excluding hydrogens is 128 g/mol. The fourth-order valence-electron chi connectivity index (χ4n) is 0.771. The van der Waals surface area contributed by atoms with Gasteiger partial charge in [-0.15, -0.1) is 5.10 Å². The lowest BCUT2D eigenvalue weighted by molar-refractivity contribution is 0.552. The molecule has 56 valence electrons. The van der Waals surface area contributed by atoms with Gasteiger partial charge >= 0.3 is 0 Å². The Bertz CT molecular complexity index is 193. The molecule has 4 heteroatoms. The number of rotatable bonds is 3. The summed E-state index contributed by atoms with van der Waals surface area (Å²) in [5.41, 5.74) is 6.42. The topological polar surface area (TPSA) is 56.7 Å². The minimum atomic E-state index is 0.708. The van der Waals surface area contributed by atoms with Crippen molar-refractivity contribution in [3.63, 3.8) is 0 Å². The SMILES string of the molecule is Cc1cnnn1CCCN. The number of hydrogen-bond acceptors (Lipinski definition) is 3. The number of aromatic nitrogens is 3. The molecule has 0 bridgehead atoms. The molecule has 1 aromatic rings. The standard InChI is InChI=1S/C6H12N4/c1-6-5-8-9-10(6)4-2-3-7/h5H,2-4,7H2,1H3. The predicted octanol–water partition coefficient (Wildman–Crippen LogP) is -0.0647. The van der Waals surface area contributed by atoms with Gasteiger partial charge in [-0.25, -0.2) is 4.68 Å². The van der Waals surface area contributed by atoms with Gasteiger partial charge in [0.1, 0.15) is 0 Å². The number of aryl methyl sites for hydroxylation is 2. The highest BCUT2D eigenvalue weighted by atomic mass is 15.4. The lowest BCUT2D eigenvalue weighted by Gasteiger charge is -1.98. The zero-order valence-corrected chi connectivity index (χ0v) is 6.12. The molecule has 0 fully saturated rings. The molecule has 0 aliphatic carbocycles. The van der Waals surface area contributed by atoms with E-state index < -0.39 is 0 Å². The maximum atomic E-state index is 5.33. The third kappa shape index (κ3) is 1.54. The smallest absolute Gasteiger partial charge is 0.0722 e. The van der Waals surface area contributed by atoms with Gasteiger partial charge in [-0.2, -0.15) is 0 Å². The van der Waals surface area contributed by atoms with Gasteiger partial charge in [0.15, 0.2) is 0 Å². The summed E-state index contributed by atoms with van der Waals surface area (Å²) in [4.78, 5) is 0. The molecule has 0 aromatic carbocycles. The van der Waals surface area contributed by atoms with Gasteiger partial charge in [-0.05, 0) is 19.9 Å². The Hall–Kier alpha value is -0.900. The fraction of sp³-hybridized carbons (Fsp3) is 0.667. The van der Waals surface area contributed by atoms with Crippen molar-refractivity contribution in [2.45, 2.75) is 19.9 Å². The Balaban J connectivity index is 2.49. The molecule has 0 amide bonds. The third-order valence-electron chi connectivity index (χ3n) is 1.39. The molecule has 10 heavy (non-hydrogen) atoms. The average Bonchev–Trinajstić information content (AvgIpc) is 2.31. The van der Waals surface area contributed by atoms with Gasteiger partial charge in [-0.1, -0.05) is 5.21 Å². The number of hydrogen-bond donors (Lipinski definition) is 1. The lowest BCUT2D eigenvalue weighted by Crippen LogP contribution is -2.08. The molecule has 2 N–H and O–H groups in total. The Morgan fingerprint density at radius 2 is 2.50 bits per heavy atom. The normalized spacial score (nSPS) is 10.2. The summed E-state index contributed by atoms with van der Waals surface area (Å²) in [5, 5.41) is 7.61. The highest BCUT2D eigenvalue weighted by Gasteiger charge is 1.94. The van der Waals surface area contributed by atoms with Gasteiger partial charge in [0.2, 0.25) is 0 Å². The molecule has 1 rings (SSSR count). The maximum absolute atomic E-state index is 5.33. The molecule has 0 radical (unpaired) electrons. The highest BCUT2D eigenvalue weighted by molar-refractivity contribution is 4.88. The number of nitrogens with zero attached hydrogens (tertiary/aromatic N) is 3. The van der Waals surface area contributed by atoms with Crippen molar-refractivity contribution in [2.75, 3.05) is 6.54 Å². The molecular formula is C6H12N4. The van der Waals surface area contributed by atoms with Crippen LogP contribution in [0.4, 0.5) is 0 Å². The van der Waals surface area contributed by atoms with Crippen molar-refractivity contribution in [3.8, 4) is 0 Å². The maximum Gasteiger partial charge on any atom is 0.0722 e. The molecule has 0 aliphatic heterocycles. The summed E-state index contributed by atoms with van der Waals surface area (Å²) in [7, 11) is 0. The average molecular weight is 140 g/mol. The summed E-state index contributed by atoms with van der Waals surface area (Å²) in [6, 6.07) is 0. The van der Waals surface area contributed by atoms with Crippen LogP contribution in [0, 0.1) is 6.92 Å². The molecule has 1 heterocycles. The minimum absolute atomic E-state index is 0.708. The van der Waals surface area contributed by atoms with E-state index >= 15 is 0 Å². The largest absolute Gasteiger partial charge is 0.330 e. The zero-order chi connectivity index (χ0) is 7.40. The summed E-state index contributed by atoms with van der Waals surface area (Å²) in [6.07, 6.45) is 2.71. The predicted molar refractivity (Wildman–Crippen MR) is 38.4 cm³/mol. The quantitative estimate of drug-likeness (QED) is 0.639. The van der Waals surface area contributed by atoms with Gasteiger partial charge in [0.25, 0.3) is 0 Å². The van der Waals surface area contributed by atoms with Crippen molar-refractivity contribution in [3.05, 3.63) is 11.9 Å². The Morgan fingerprint density at radius 1 is 1.70 bits per heavy atom. The zero-order valence-electron chi connectivity index (χ0n) is 6.12. The van der Waals surface area contributed by atoms with E-state index in [4.69, 9.17) is 5.73 Å². The molecule has 1 aromatic heterocycles. The van der Waals surface area contributed by atoms with Crippen molar-refractivity contribution in [2.24, 2.45) is 5.73 Å². The van der Waals surface area contributed by atoms with Crippen LogP contribution in [0.2, 0.25) is 0 Å². The van der Waals surface area contributed by atoms with Gasteiger partial charge in [0.05, 0.1) is 11.9 Å². The van der Waals surface area contributed by atoms with E-state index in [0.717, 1.165) is 18.7 Å². The van der Waals surface area contributed by atoms with E-state index in [0.29, 0.717) is 6.54 Å². The second-order valence-corrected chi connectivity index (χ2v) is 2.24. The first-order chi connectivity index (χ1) is 4.84. The summed E-state index contributed by atoms with van der Waals surface area (Å²) in [6.45, 7) is 3.57.